The Morgan fingerprint density at radius 1 is 0.870 bits per heavy atom. The van der Waals surface area contributed by atoms with Crippen LogP contribution < -0.4 is 5.32 Å². The van der Waals surface area contributed by atoms with Gasteiger partial charge in [0, 0.05) is 38.6 Å². The molecule has 0 saturated heterocycles. The molecule has 0 radical (unpaired) electrons. The summed E-state index contributed by atoms with van der Waals surface area (Å²) in [4.78, 5) is 10.4. The van der Waals surface area contributed by atoms with Crippen molar-refractivity contribution in [3.8, 4) is 23.7 Å². The minimum absolute atomic E-state index is 0.00795. The lowest BCUT2D eigenvalue weighted by Crippen LogP contribution is -2.32. The quantitative estimate of drug-likeness (QED) is 0.321. The van der Waals surface area contributed by atoms with Crippen molar-refractivity contribution in [2.45, 2.75) is 74.0 Å². The van der Waals surface area contributed by atoms with Crippen molar-refractivity contribution in [1.82, 2.24) is 5.32 Å². The van der Waals surface area contributed by atoms with Gasteiger partial charge in [-0.2, -0.15) is 0 Å². The van der Waals surface area contributed by atoms with Crippen molar-refractivity contribution in [3.05, 3.63) is 0 Å². The highest BCUT2D eigenvalue weighted by atomic mass is 35.5. The fraction of sp³-hybridized carbons (Fsp3) is 0.706. The third-order valence-electron chi connectivity index (χ3n) is 2.88. The lowest BCUT2D eigenvalue weighted by atomic mass is 10.0. The summed E-state index contributed by atoms with van der Waals surface area (Å²) in [6, 6.07) is 0.165. The first kappa shape index (κ1) is 22.8. The zero-order chi connectivity index (χ0) is 17.5. The summed E-state index contributed by atoms with van der Waals surface area (Å²) in [5, 5.41) is 2.98. The number of alkyl halides is 4. The Bertz CT molecular complexity index is 409. The maximum Gasteiger partial charge on any atom is 0.217 e. The molecule has 0 aromatic heterocycles. The first-order valence-electron chi connectivity index (χ1n) is 7.66. The van der Waals surface area contributed by atoms with Crippen molar-refractivity contribution < 1.29 is 4.79 Å². The van der Waals surface area contributed by atoms with E-state index in [9.17, 15) is 4.79 Å². The number of carbonyl (C=O) groups is 1. The molecule has 23 heavy (non-hydrogen) atoms. The van der Waals surface area contributed by atoms with Crippen LogP contribution in [0.15, 0.2) is 0 Å². The van der Waals surface area contributed by atoms with Gasteiger partial charge in [-0.25, -0.2) is 0 Å². The zero-order valence-electron chi connectivity index (χ0n) is 13.3. The van der Waals surface area contributed by atoms with Crippen LogP contribution in [0.5, 0.6) is 0 Å². The smallest absolute Gasteiger partial charge is 0.217 e. The van der Waals surface area contributed by atoms with E-state index in [1.54, 1.807) is 0 Å². The van der Waals surface area contributed by atoms with Gasteiger partial charge in [0.25, 0.3) is 0 Å². The predicted molar refractivity (Wildman–Crippen MR) is 101 cm³/mol. The molecule has 0 rings (SSSR count). The van der Waals surface area contributed by atoms with E-state index >= 15 is 0 Å². The molecule has 0 aliphatic carbocycles. The van der Waals surface area contributed by atoms with E-state index < -0.39 is 9.67 Å². The highest BCUT2D eigenvalue weighted by Gasteiger charge is 2.08. The number of carbonyl (C=O) groups excluding carboxylic acids is 1. The predicted octanol–water partition coefficient (Wildman–Crippen LogP) is 5.23. The minimum atomic E-state index is -0.427. The van der Waals surface area contributed by atoms with Crippen LogP contribution in [0.3, 0.4) is 0 Å². The van der Waals surface area contributed by atoms with Gasteiger partial charge >= 0.3 is 0 Å². The van der Waals surface area contributed by atoms with Crippen LogP contribution in [0.2, 0.25) is 0 Å². The number of halogens is 4. The summed E-state index contributed by atoms with van der Waals surface area (Å²) in [6.07, 6.45) is 6.20. The van der Waals surface area contributed by atoms with Gasteiger partial charge in [0.05, 0.1) is 0 Å². The number of hydrogen-bond donors (Lipinski definition) is 1. The standard InChI is InChI=1S/C17H23Cl4NO/c1-14(23)22-15(10-6-2-4-8-12-16(18)19)11-7-3-5-9-13-17(20)21/h15-17H,2-3,6-7,10-13H2,1H3,(H,22,23). The maximum atomic E-state index is 11.2. The Hall–Kier alpha value is -0.250. The normalized spacial score (nSPS) is 10.3. The van der Waals surface area contributed by atoms with Crippen LogP contribution >= 0.6 is 46.4 Å². The van der Waals surface area contributed by atoms with Crippen molar-refractivity contribution in [3.63, 3.8) is 0 Å². The van der Waals surface area contributed by atoms with E-state index in [4.69, 9.17) is 46.4 Å². The molecule has 0 aromatic rings. The topological polar surface area (TPSA) is 29.1 Å². The molecule has 0 aromatic carbocycles. The molecule has 0 aliphatic rings. The Morgan fingerprint density at radius 3 is 1.65 bits per heavy atom. The number of rotatable bonds is 9. The molecule has 6 heteroatoms. The van der Waals surface area contributed by atoms with Gasteiger partial charge in [-0.3, -0.25) is 4.79 Å². The molecule has 0 fully saturated rings. The number of hydrogen-bond acceptors (Lipinski definition) is 1. The Morgan fingerprint density at radius 2 is 1.30 bits per heavy atom. The van der Waals surface area contributed by atoms with Gasteiger partial charge in [-0.05, 0) is 25.7 Å². The molecule has 0 spiro atoms. The highest BCUT2D eigenvalue weighted by molar-refractivity contribution is 6.44. The average molecular weight is 399 g/mol. The second-order valence-electron chi connectivity index (χ2n) is 5.08. The van der Waals surface area contributed by atoms with Crippen LogP contribution in [-0.4, -0.2) is 21.6 Å². The van der Waals surface area contributed by atoms with E-state index in [1.165, 1.54) is 6.92 Å². The number of nitrogens with one attached hydrogen (secondary N) is 1. The Kier molecular flexibility index (Phi) is 15.1. The summed E-state index contributed by atoms with van der Waals surface area (Å²) >= 11 is 22.4. The van der Waals surface area contributed by atoms with Gasteiger partial charge in [-0.15, -0.1) is 70.1 Å². The van der Waals surface area contributed by atoms with Crippen LogP contribution in [0, 0.1) is 23.7 Å². The molecular formula is C17H23Cl4NO. The van der Waals surface area contributed by atoms with Crippen molar-refractivity contribution in [1.29, 1.82) is 0 Å². The maximum absolute atomic E-state index is 11.2. The van der Waals surface area contributed by atoms with Gasteiger partial charge in [0.15, 0.2) is 0 Å². The van der Waals surface area contributed by atoms with Crippen molar-refractivity contribution in [2.75, 3.05) is 0 Å². The molecular weight excluding hydrogens is 376 g/mol. The second-order valence-corrected chi connectivity index (χ2v) is 7.63. The van der Waals surface area contributed by atoms with E-state index in [0.29, 0.717) is 12.8 Å². The largest absolute Gasteiger partial charge is 0.354 e. The fourth-order valence-corrected chi connectivity index (χ4v) is 2.23. The monoisotopic (exact) mass is 397 g/mol. The van der Waals surface area contributed by atoms with Crippen LogP contribution in [0.4, 0.5) is 0 Å². The number of amides is 1. The van der Waals surface area contributed by atoms with E-state index in [2.05, 4.69) is 29.0 Å². The molecule has 0 bridgehead atoms. The molecule has 0 saturated carbocycles. The molecule has 130 valence electrons. The molecule has 0 unspecified atom stereocenters. The fourth-order valence-electron chi connectivity index (χ4n) is 1.93. The molecule has 2 nitrogen and oxygen atoms in total. The Labute approximate surface area is 160 Å². The number of unbranched alkanes of at least 4 members (excludes halogenated alkanes) is 2. The molecule has 1 amide bonds. The van der Waals surface area contributed by atoms with E-state index in [1.807, 2.05) is 0 Å². The molecule has 0 atom stereocenters. The van der Waals surface area contributed by atoms with E-state index in [-0.39, 0.29) is 11.9 Å². The molecule has 1 N–H and O–H groups in total. The summed E-state index contributed by atoms with van der Waals surface area (Å²) in [5.74, 6) is 11.9. The molecule has 0 heterocycles. The zero-order valence-corrected chi connectivity index (χ0v) is 16.3. The van der Waals surface area contributed by atoms with Gasteiger partial charge < -0.3 is 5.32 Å². The average Bonchev–Trinajstić information content (AvgIpc) is 2.44. The summed E-state index contributed by atoms with van der Waals surface area (Å²) in [6.45, 7) is 1.54. The van der Waals surface area contributed by atoms with Crippen LogP contribution in [0.25, 0.3) is 0 Å². The lowest BCUT2D eigenvalue weighted by Gasteiger charge is -2.16. The van der Waals surface area contributed by atoms with Gasteiger partial charge in [0.1, 0.15) is 9.67 Å². The Balaban J connectivity index is 3.98. The van der Waals surface area contributed by atoms with Crippen molar-refractivity contribution in [2.24, 2.45) is 0 Å². The van der Waals surface area contributed by atoms with Crippen LogP contribution in [-0.2, 0) is 4.79 Å². The first-order chi connectivity index (χ1) is 10.9. The summed E-state index contributed by atoms with van der Waals surface area (Å²) < 4.78 is 0. The molecule has 0 aliphatic heterocycles. The summed E-state index contributed by atoms with van der Waals surface area (Å²) in [7, 11) is 0. The highest BCUT2D eigenvalue weighted by Crippen LogP contribution is 2.10. The third-order valence-corrected chi connectivity index (χ3v) is 3.50. The lowest BCUT2D eigenvalue weighted by molar-refractivity contribution is -0.119. The van der Waals surface area contributed by atoms with Gasteiger partial charge in [-0.1, -0.05) is 0 Å². The minimum Gasteiger partial charge on any atom is -0.354 e. The van der Waals surface area contributed by atoms with Crippen LogP contribution in [0.1, 0.15) is 58.3 Å². The second kappa shape index (κ2) is 15.3. The summed E-state index contributed by atoms with van der Waals surface area (Å²) in [5.41, 5.74) is 0. The van der Waals surface area contributed by atoms with E-state index in [0.717, 1.165) is 38.5 Å². The third kappa shape index (κ3) is 17.9. The first-order valence-corrected chi connectivity index (χ1v) is 9.41. The van der Waals surface area contributed by atoms with Crippen molar-refractivity contribution >= 4 is 52.3 Å². The SMILES string of the molecule is CC(=O)NC(CCCC#CCC(Cl)Cl)CCCC#CCC(Cl)Cl. The van der Waals surface area contributed by atoms with Gasteiger partial charge in [0.2, 0.25) is 5.91 Å².